The molecule has 0 radical (unpaired) electrons. The topological polar surface area (TPSA) is 49.4 Å². The number of nitrogens with one attached hydrogen (secondary N) is 1. The normalized spacial score (nSPS) is 24.5. The van der Waals surface area contributed by atoms with Crippen molar-refractivity contribution >= 4 is 10.0 Å². The highest BCUT2D eigenvalue weighted by Gasteiger charge is 2.33. The van der Waals surface area contributed by atoms with Gasteiger partial charge in [0, 0.05) is 19.1 Å². The van der Waals surface area contributed by atoms with E-state index >= 15 is 0 Å². The van der Waals surface area contributed by atoms with Crippen molar-refractivity contribution in [1.82, 2.24) is 9.62 Å². The van der Waals surface area contributed by atoms with Crippen LogP contribution in [-0.4, -0.2) is 44.2 Å². The zero-order valence-corrected chi connectivity index (χ0v) is 13.1. The second-order valence-corrected chi connectivity index (χ2v) is 8.55. The Labute approximate surface area is 118 Å². The van der Waals surface area contributed by atoms with Gasteiger partial charge in [-0.25, -0.2) is 12.7 Å². The third-order valence-corrected chi connectivity index (χ3v) is 6.72. The summed E-state index contributed by atoms with van der Waals surface area (Å²) in [6.07, 6.45) is 6.40. The van der Waals surface area contributed by atoms with Gasteiger partial charge in [-0.2, -0.15) is 0 Å². The van der Waals surface area contributed by atoms with Crippen LogP contribution in [0.1, 0.15) is 52.4 Å². The van der Waals surface area contributed by atoms with E-state index in [1.54, 1.807) is 4.31 Å². The van der Waals surface area contributed by atoms with E-state index in [2.05, 4.69) is 19.2 Å². The van der Waals surface area contributed by atoms with Crippen molar-refractivity contribution in [3.63, 3.8) is 0 Å². The van der Waals surface area contributed by atoms with Crippen LogP contribution < -0.4 is 5.32 Å². The highest BCUT2D eigenvalue weighted by Crippen LogP contribution is 2.34. The highest BCUT2D eigenvalue weighted by atomic mass is 32.2. The molecule has 4 nitrogen and oxygen atoms in total. The van der Waals surface area contributed by atoms with Gasteiger partial charge in [0.05, 0.1) is 5.75 Å². The summed E-state index contributed by atoms with van der Waals surface area (Å²) in [5.41, 5.74) is 0.347. The summed E-state index contributed by atoms with van der Waals surface area (Å²) in [5.74, 6) is 0.301. The Kier molecular flexibility index (Phi) is 4.90. The summed E-state index contributed by atoms with van der Waals surface area (Å²) < 4.78 is 26.2. The van der Waals surface area contributed by atoms with Gasteiger partial charge in [-0.3, -0.25) is 0 Å². The van der Waals surface area contributed by atoms with E-state index in [4.69, 9.17) is 0 Å². The average molecular weight is 288 g/mol. The Morgan fingerprint density at radius 3 is 2.42 bits per heavy atom. The molecule has 2 fully saturated rings. The van der Waals surface area contributed by atoms with Crippen molar-refractivity contribution < 1.29 is 8.42 Å². The van der Waals surface area contributed by atoms with Crippen molar-refractivity contribution in [2.75, 3.05) is 25.4 Å². The molecule has 1 heterocycles. The maximum absolute atomic E-state index is 12.2. The van der Waals surface area contributed by atoms with Crippen LogP contribution in [0.5, 0.6) is 0 Å². The molecule has 0 atom stereocenters. The van der Waals surface area contributed by atoms with Crippen molar-refractivity contribution in [2.45, 2.75) is 58.4 Å². The van der Waals surface area contributed by atoms with Crippen LogP contribution in [0.3, 0.4) is 0 Å². The maximum Gasteiger partial charge on any atom is 0.214 e. The summed E-state index contributed by atoms with van der Waals surface area (Å²) in [7, 11) is -3.03. The van der Waals surface area contributed by atoms with Gasteiger partial charge in [-0.15, -0.1) is 0 Å². The number of hydrogen-bond acceptors (Lipinski definition) is 3. The molecule has 0 aromatic heterocycles. The van der Waals surface area contributed by atoms with Crippen LogP contribution in [0.2, 0.25) is 0 Å². The minimum absolute atomic E-state index is 0.301. The lowest BCUT2D eigenvalue weighted by atomic mass is 9.79. The Morgan fingerprint density at radius 2 is 1.89 bits per heavy atom. The monoisotopic (exact) mass is 288 g/mol. The van der Waals surface area contributed by atoms with Gasteiger partial charge in [0.15, 0.2) is 0 Å². The minimum Gasteiger partial charge on any atom is -0.314 e. The predicted octanol–water partition coefficient (Wildman–Crippen LogP) is 1.97. The molecule has 0 aromatic rings. The lowest BCUT2D eigenvalue weighted by Gasteiger charge is -2.38. The van der Waals surface area contributed by atoms with Crippen molar-refractivity contribution in [1.29, 1.82) is 0 Å². The number of sulfonamides is 1. The fourth-order valence-corrected chi connectivity index (χ4v) is 4.14. The Hall–Kier alpha value is -0.130. The first-order valence-electron chi connectivity index (χ1n) is 7.66. The molecule has 1 aliphatic carbocycles. The molecule has 1 saturated carbocycles. The molecular weight excluding hydrogens is 260 g/mol. The molecular formula is C14H28N2O2S. The summed E-state index contributed by atoms with van der Waals surface area (Å²) in [6, 6.07) is 0.669. The van der Waals surface area contributed by atoms with Gasteiger partial charge >= 0.3 is 0 Å². The maximum atomic E-state index is 12.2. The van der Waals surface area contributed by atoms with E-state index in [1.807, 2.05) is 0 Å². The van der Waals surface area contributed by atoms with E-state index < -0.39 is 10.0 Å². The Balaban J connectivity index is 1.73. The quantitative estimate of drug-likeness (QED) is 0.729. The van der Waals surface area contributed by atoms with E-state index in [-0.39, 0.29) is 0 Å². The van der Waals surface area contributed by atoms with E-state index in [0.29, 0.717) is 30.3 Å². The van der Waals surface area contributed by atoms with Crippen molar-refractivity contribution in [3.8, 4) is 0 Å². The van der Waals surface area contributed by atoms with Crippen molar-refractivity contribution in [2.24, 2.45) is 5.41 Å². The van der Waals surface area contributed by atoms with Crippen LogP contribution in [0.15, 0.2) is 0 Å². The molecule has 1 saturated heterocycles. The minimum atomic E-state index is -3.03. The molecule has 112 valence electrons. The third kappa shape index (κ3) is 4.43. The van der Waals surface area contributed by atoms with Gasteiger partial charge in [-0.05, 0) is 44.1 Å². The van der Waals surface area contributed by atoms with Crippen LogP contribution in [-0.2, 0) is 10.0 Å². The molecule has 0 amide bonds. The van der Waals surface area contributed by atoms with Gasteiger partial charge in [0.25, 0.3) is 0 Å². The van der Waals surface area contributed by atoms with Crippen LogP contribution >= 0.6 is 0 Å². The molecule has 5 heteroatoms. The lowest BCUT2D eigenvalue weighted by molar-refractivity contribution is 0.169. The first-order chi connectivity index (χ1) is 8.95. The first-order valence-corrected chi connectivity index (χ1v) is 9.27. The largest absolute Gasteiger partial charge is 0.314 e. The Morgan fingerprint density at radius 1 is 1.26 bits per heavy atom. The molecule has 2 aliphatic rings. The van der Waals surface area contributed by atoms with Crippen molar-refractivity contribution in [3.05, 3.63) is 0 Å². The number of rotatable bonds is 7. The summed E-state index contributed by atoms with van der Waals surface area (Å²) >= 11 is 0. The molecule has 0 spiro atoms. The second-order valence-electron chi connectivity index (χ2n) is 6.46. The molecule has 1 N–H and O–H groups in total. The van der Waals surface area contributed by atoms with E-state index in [0.717, 1.165) is 32.2 Å². The molecule has 19 heavy (non-hydrogen) atoms. The number of piperidine rings is 1. The van der Waals surface area contributed by atoms with Gasteiger partial charge in [0.1, 0.15) is 0 Å². The molecule has 0 unspecified atom stereocenters. The zero-order chi connectivity index (χ0) is 13.9. The number of nitrogens with zero attached hydrogens (tertiary/aromatic N) is 1. The zero-order valence-electron chi connectivity index (χ0n) is 12.3. The van der Waals surface area contributed by atoms with Gasteiger partial charge in [-0.1, -0.05) is 20.3 Å². The fraction of sp³-hybridized carbons (Fsp3) is 1.00. The highest BCUT2D eigenvalue weighted by molar-refractivity contribution is 7.89. The third-order valence-electron chi connectivity index (χ3n) is 4.77. The molecule has 0 bridgehead atoms. The Bertz CT molecular complexity index is 382. The molecule has 0 aromatic carbocycles. The average Bonchev–Trinajstić information content (AvgIpc) is 3.19. The fourth-order valence-electron chi connectivity index (χ4n) is 2.64. The smallest absolute Gasteiger partial charge is 0.214 e. The second kappa shape index (κ2) is 6.10. The standard InChI is InChI=1S/C14H28N2O2S/c1-3-14(2)7-10-16(11-8-14)19(17,18)12-4-9-15-13-5-6-13/h13,15H,3-12H2,1-2H3. The van der Waals surface area contributed by atoms with E-state index in [9.17, 15) is 8.42 Å². The van der Waals surface area contributed by atoms with Crippen LogP contribution in [0.25, 0.3) is 0 Å². The first kappa shape index (κ1) is 15.3. The van der Waals surface area contributed by atoms with Crippen LogP contribution in [0.4, 0.5) is 0 Å². The predicted molar refractivity (Wildman–Crippen MR) is 78.6 cm³/mol. The molecule has 1 aliphatic heterocycles. The van der Waals surface area contributed by atoms with Gasteiger partial charge < -0.3 is 5.32 Å². The summed E-state index contributed by atoms with van der Waals surface area (Å²) in [4.78, 5) is 0. The SMILES string of the molecule is CCC1(C)CCN(S(=O)(=O)CCCNC2CC2)CC1. The van der Waals surface area contributed by atoms with Gasteiger partial charge in [0.2, 0.25) is 10.0 Å². The summed E-state index contributed by atoms with van der Waals surface area (Å²) in [6.45, 7) is 6.74. The summed E-state index contributed by atoms with van der Waals surface area (Å²) in [5, 5.41) is 3.37. The molecule has 2 rings (SSSR count). The number of hydrogen-bond donors (Lipinski definition) is 1. The van der Waals surface area contributed by atoms with E-state index in [1.165, 1.54) is 12.8 Å². The van der Waals surface area contributed by atoms with Crippen LogP contribution in [0, 0.1) is 5.41 Å². The lowest BCUT2D eigenvalue weighted by Crippen LogP contribution is -2.43.